The SMILES string of the molecule is Cc1ccc(CN(C)CC(=O)Nc2cccc(C)c2C)cc1. The van der Waals surface area contributed by atoms with Gasteiger partial charge in [-0.25, -0.2) is 0 Å². The van der Waals surface area contributed by atoms with Crippen molar-refractivity contribution in [2.45, 2.75) is 27.3 Å². The maximum Gasteiger partial charge on any atom is 0.238 e. The largest absolute Gasteiger partial charge is 0.325 e. The molecule has 0 aromatic heterocycles. The van der Waals surface area contributed by atoms with Gasteiger partial charge in [0.2, 0.25) is 5.91 Å². The topological polar surface area (TPSA) is 32.3 Å². The molecule has 2 rings (SSSR count). The minimum Gasteiger partial charge on any atom is -0.325 e. The molecule has 0 radical (unpaired) electrons. The van der Waals surface area contributed by atoms with Gasteiger partial charge in [0, 0.05) is 12.2 Å². The van der Waals surface area contributed by atoms with Crippen LogP contribution in [0.3, 0.4) is 0 Å². The third-order valence-electron chi connectivity index (χ3n) is 3.87. The zero-order valence-electron chi connectivity index (χ0n) is 13.8. The number of nitrogens with zero attached hydrogens (tertiary/aromatic N) is 1. The van der Waals surface area contributed by atoms with Gasteiger partial charge in [-0.15, -0.1) is 0 Å². The lowest BCUT2D eigenvalue weighted by Gasteiger charge is -2.17. The molecule has 0 aliphatic carbocycles. The lowest BCUT2D eigenvalue weighted by atomic mass is 10.1. The predicted molar refractivity (Wildman–Crippen MR) is 92.1 cm³/mol. The summed E-state index contributed by atoms with van der Waals surface area (Å²) in [6.45, 7) is 7.29. The number of carbonyl (C=O) groups excluding carboxylic acids is 1. The molecule has 1 amide bonds. The minimum atomic E-state index is 0.0170. The van der Waals surface area contributed by atoms with Crippen molar-refractivity contribution in [3.63, 3.8) is 0 Å². The Morgan fingerprint density at radius 3 is 2.41 bits per heavy atom. The van der Waals surface area contributed by atoms with E-state index in [2.05, 4.69) is 49.5 Å². The van der Waals surface area contributed by atoms with E-state index in [0.29, 0.717) is 6.54 Å². The summed E-state index contributed by atoms with van der Waals surface area (Å²) in [7, 11) is 1.96. The van der Waals surface area contributed by atoms with Crippen LogP contribution in [-0.4, -0.2) is 24.4 Å². The van der Waals surface area contributed by atoms with E-state index in [1.54, 1.807) is 0 Å². The number of nitrogens with one attached hydrogen (secondary N) is 1. The quantitative estimate of drug-likeness (QED) is 0.913. The zero-order valence-corrected chi connectivity index (χ0v) is 13.8. The molecule has 0 heterocycles. The smallest absolute Gasteiger partial charge is 0.238 e. The number of benzene rings is 2. The molecule has 0 unspecified atom stereocenters. The molecular formula is C19H24N2O. The molecular weight excluding hydrogens is 272 g/mol. The van der Waals surface area contributed by atoms with E-state index in [-0.39, 0.29) is 5.91 Å². The van der Waals surface area contributed by atoms with Gasteiger partial charge >= 0.3 is 0 Å². The Bertz CT molecular complexity index is 647. The molecule has 0 fully saturated rings. The number of hydrogen-bond acceptors (Lipinski definition) is 2. The highest BCUT2D eigenvalue weighted by atomic mass is 16.2. The third kappa shape index (κ3) is 4.43. The van der Waals surface area contributed by atoms with Crippen LogP contribution in [0.4, 0.5) is 5.69 Å². The van der Waals surface area contributed by atoms with Crippen molar-refractivity contribution in [2.75, 3.05) is 18.9 Å². The van der Waals surface area contributed by atoms with Crippen LogP contribution in [0.5, 0.6) is 0 Å². The molecule has 2 aromatic carbocycles. The molecule has 3 heteroatoms. The zero-order chi connectivity index (χ0) is 16.1. The summed E-state index contributed by atoms with van der Waals surface area (Å²) in [5.41, 5.74) is 5.67. The molecule has 1 N–H and O–H groups in total. The summed E-state index contributed by atoms with van der Waals surface area (Å²) in [6.07, 6.45) is 0. The van der Waals surface area contributed by atoms with E-state index in [1.165, 1.54) is 16.7 Å². The molecule has 0 saturated carbocycles. The van der Waals surface area contributed by atoms with Crippen LogP contribution < -0.4 is 5.32 Å². The van der Waals surface area contributed by atoms with Crippen molar-refractivity contribution in [2.24, 2.45) is 0 Å². The van der Waals surface area contributed by atoms with E-state index in [1.807, 2.05) is 31.0 Å². The molecule has 3 nitrogen and oxygen atoms in total. The van der Waals surface area contributed by atoms with Crippen molar-refractivity contribution < 1.29 is 4.79 Å². The number of amides is 1. The first-order chi connectivity index (χ1) is 10.5. The molecule has 0 saturated heterocycles. The molecule has 0 aliphatic rings. The second kappa shape index (κ2) is 7.23. The third-order valence-corrected chi connectivity index (χ3v) is 3.87. The van der Waals surface area contributed by atoms with Gasteiger partial charge in [0.05, 0.1) is 6.54 Å². The molecule has 0 aliphatic heterocycles. The number of likely N-dealkylation sites (N-methyl/N-ethyl adjacent to an activating group) is 1. The van der Waals surface area contributed by atoms with Gasteiger partial charge in [0.15, 0.2) is 0 Å². The first-order valence-corrected chi connectivity index (χ1v) is 7.56. The van der Waals surface area contributed by atoms with Gasteiger partial charge < -0.3 is 5.32 Å². The van der Waals surface area contributed by atoms with Crippen LogP contribution in [0.15, 0.2) is 42.5 Å². The first kappa shape index (κ1) is 16.2. The van der Waals surface area contributed by atoms with Gasteiger partial charge in [-0.05, 0) is 50.6 Å². The van der Waals surface area contributed by atoms with E-state index in [0.717, 1.165) is 17.8 Å². The van der Waals surface area contributed by atoms with Crippen LogP contribution in [0.25, 0.3) is 0 Å². The van der Waals surface area contributed by atoms with Crippen LogP contribution in [0, 0.1) is 20.8 Å². The molecule has 22 heavy (non-hydrogen) atoms. The van der Waals surface area contributed by atoms with E-state index >= 15 is 0 Å². The Balaban J connectivity index is 1.91. The Morgan fingerprint density at radius 2 is 1.73 bits per heavy atom. The minimum absolute atomic E-state index is 0.0170. The summed E-state index contributed by atoms with van der Waals surface area (Å²) in [4.78, 5) is 14.2. The summed E-state index contributed by atoms with van der Waals surface area (Å²) >= 11 is 0. The van der Waals surface area contributed by atoms with Crippen molar-refractivity contribution in [1.29, 1.82) is 0 Å². The summed E-state index contributed by atoms with van der Waals surface area (Å²) in [6, 6.07) is 14.4. The fourth-order valence-corrected chi connectivity index (χ4v) is 2.38. The molecule has 116 valence electrons. The van der Waals surface area contributed by atoms with Crippen LogP contribution >= 0.6 is 0 Å². The maximum atomic E-state index is 12.2. The van der Waals surface area contributed by atoms with Crippen molar-refractivity contribution in [1.82, 2.24) is 4.90 Å². The fraction of sp³-hybridized carbons (Fsp3) is 0.316. The van der Waals surface area contributed by atoms with Gasteiger partial charge in [0.1, 0.15) is 0 Å². The first-order valence-electron chi connectivity index (χ1n) is 7.56. The molecule has 0 bridgehead atoms. The second-order valence-corrected chi connectivity index (χ2v) is 5.95. The average Bonchev–Trinajstić information content (AvgIpc) is 2.46. The standard InChI is InChI=1S/C19H24N2O/c1-14-8-10-17(11-9-14)12-21(4)13-19(22)20-18-7-5-6-15(2)16(18)3/h5-11H,12-13H2,1-4H3,(H,20,22). The number of anilines is 1. The Hall–Kier alpha value is -2.13. The van der Waals surface area contributed by atoms with E-state index in [9.17, 15) is 4.79 Å². The Morgan fingerprint density at radius 1 is 1.05 bits per heavy atom. The van der Waals surface area contributed by atoms with Crippen molar-refractivity contribution in [3.8, 4) is 0 Å². The highest BCUT2D eigenvalue weighted by molar-refractivity contribution is 5.93. The van der Waals surface area contributed by atoms with Crippen LogP contribution in [-0.2, 0) is 11.3 Å². The Labute approximate surface area is 133 Å². The average molecular weight is 296 g/mol. The monoisotopic (exact) mass is 296 g/mol. The van der Waals surface area contributed by atoms with Gasteiger partial charge in [-0.3, -0.25) is 9.69 Å². The second-order valence-electron chi connectivity index (χ2n) is 5.95. The normalized spacial score (nSPS) is 10.8. The maximum absolute atomic E-state index is 12.2. The molecule has 2 aromatic rings. The summed E-state index contributed by atoms with van der Waals surface area (Å²) < 4.78 is 0. The number of rotatable bonds is 5. The lowest BCUT2D eigenvalue weighted by molar-refractivity contribution is -0.117. The van der Waals surface area contributed by atoms with E-state index in [4.69, 9.17) is 0 Å². The summed E-state index contributed by atoms with van der Waals surface area (Å²) in [5, 5.41) is 3.00. The van der Waals surface area contributed by atoms with Crippen molar-refractivity contribution in [3.05, 3.63) is 64.7 Å². The predicted octanol–water partition coefficient (Wildman–Crippen LogP) is 3.68. The number of hydrogen-bond donors (Lipinski definition) is 1. The molecule has 0 spiro atoms. The lowest BCUT2D eigenvalue weighted by Crippen LogP contribution is -2.30. The van der Waals surface area contributed by atoms with Gasteiger partial charge in [-0.1, -0.05) is 42.0 Å². The van der Waals surface area contributed by atoms with E-state index < -0.39 is 0 Å². The summed E-state index contributed by atoms with van der Waals surface area (Å²) in [5.74, 6) is 0.0170. The highest BCUT2D eigenvalue weighted by Gasteiger charge is 2.09. The van der Waals surface area contributed by atoms with Gasteiger partial charge in [-0.2, -0.15) is 0 Å². The number of carbonyl (C=O) groups is 1. The Kier molecular flexibility index (Phi) is 5.34. The highest BCUT2D eigenvalue weighted by Crippen LogP contribution is 2.17. The van der Waals surface area contributed by atoms with Crippen LogP contribution in [0.2, 0.25) is 0 Å². The van der Waals surface area contributed by atoms with Crippen molar-refractivity contribution >= 4 is 11.6 Å². The van der Waals surface area contributed by atoms with Crippen LogP contribution in [0.1, 0.15) is 22.3 Å². The molecule has 0 atom stereocenters. The number of aryl methyl sites for hydroxylation is 2. The van der Waals surface area contributed by atoms with Gasteiger partial charge in [0.25, 0.3) is 0 Å². The fourth-order valence-electron chi connectivity index (χ4n) is 2.38.